The summed E-state index contributed by atoms with van der Waals surface area (Å²) in [6, 6.07) is 0. The maximum atomic E-state index is 10.0. The fourth-order valence-corrected chi connectivity index (χ4v) is 1.34. The fourth-order valence-electron chi connectivity index (χ4n) is 1.34. The molecule has 1 aliphatic rings. The summed E-state index contributed by atoms with van der Waals surface area (Å²) in [5, 5.41) is 10.0. The average Bonchev–Trinajstić information content (AvgIpc) is 2.04. The van der Waals surface area contributed by atoms with Gasteiger partial charge in [0.15, 0.2) is 0 Å². The van der Waals surface area contributed by atoms with E-state index in [1.807, 2.05) is 24.3 Å². The molecule has 0 radical (unpaired) electrons. The van der Waals surface area contributed by atoms with E-state index in [0.717, 1.165) is 12.8 Å². The summed E-state index contributed by atoms with van der Waals surface area (Å²) in [5.74, 6) is 0.351. The van der Waals surface area contributed by atoms with E-state index in [2.05, 4.69) is 13.8 Å². The Morgan fingerprint density at radius 1 is 1.55 bits per heavy atom. The van der Waals surface area contributed by atoms with Crippen molar-refractivity contribution in [2.24, 2.45) is 5.92 Å². The summed E-state index contributed by atoms with van der Waals surface area (Å²) in [6.45, 7) is 4.19. The lowest BCUT2D eigenvalue weighted by molar-refractivity contribution is 0.0358. The smallest absolute Gasteiger partial charge is 0.0890 e. The third-order valence-electron chi connectivity index (χ3n) is 2.54. The SMILES string of the molecule is CC[C@H](C)[C@@]1(O)C=CC=CC1. The van der Waals surface area contributed by atoms with Gasteiger partial charge in [-0.2, -0.15) is 0 Å². The Morgan fingerprint density at radius 2 is 2.27 bits per heavy atom. The lowest BCUT2D eigenvalue weighted by Gasteiger charge is -2.31. The number of hydrogen-bond acceptors (Lipinski definition) is 1. The van der Waals surface area contributed by atoms with E-state index in [4.69, 9.17) is 0 Å². The van der Waals surface area contributed by atoms with E-state index in [0.29, 0.717) is 5.92 Å². The van der Waals surface area contributed by atoms with Crippen LogP contribution in [0.3, 0.4) is 0 Å². The maximum absolute atomic E-state index is 10.0. The first-order chi connectivity index (χ1) is 5.19. The van der Waals surface area contributed by atoms with E-state index in [-0.39, 0.29) is 0 Å². The van der Waals surface area contributed by atoms with Gasteiger partial charge in [-0.15, -0.1) is 0 Å². The van der Waals surface area contributed by atoms with Crippen molar-refractivity contribution in [2.75, 3.05) is 0 Å². The monoisotopic (exact) mass is 152 g/mol. The molecule has 0 heterocycles. The van der Waals surface area contributed by atoms with Gasteiger partial charge in [0, 0.05) is 0 Å². The van der Waals surface area contributed by atoms with Gasteiger partial charge in [0.05, 0.1) is 5.60 Å². The maximum Gasteiger partial charge on any atom is 0.0890 e. The van der Waals surface area contributed by atoms with Crippen LogP contribution in [0.4, 0.5) is 0 Å². The molecule has 1 N–H and O–H groups in total. The van der Waals surface area contributed by atoms with Crippen molar-refractivity contribution in [1.29, 1.82) is 0 Å². The zero-order valence-corrected chi connectivity index (χ0v) is 7.25. The molecule has 0 saturated carbocycles. The van der Waals surface area contributed by atoms with Gasteiger partial charge < -0.3 is 5.11 Å². The Hall–Kier alpha value is -0.560. The van der Waals surface area contributed by atoms with Gasteiger partial charge >= 0.3 is 0 Å². The quantitative estimate of drug-likeness (QED) is 0.643. The van der Waals surface area contributed by atoms with Crippen LogP contribution in [-0.4, -0.2) is 10.7 Å². The Labute approximate surface area is 68.4 Å². The molecule has 1 aliphatic carbocycles. The van der Waals surface area contributed by atoms with Gasteiger partial charge in [0.2, 0.25) is 0 Å². The van der Waals surface area contributed by atoms with Crippen molar-refractivity contribution in [3.63, 3.8) is 0 Å². The summed E-state index contributed by atoms with van der Waals surface area (Å²) in [7, 11) is 0. The van der Waals surface area contributed by atoms with Crippen molar-refractivity contribution in [2.45, 2.75) is 32.3 Å². The second-order valence-electron chi connectivity index (χ2n) is 3.29. The summed E-state index contributed by atoms with van der Waals surface area (Å²) in [5.41, 5.74) is -0.580. The molecule has 0 amide bonds. The largest absolute Gasteiger partial charge is 0.385 e. The van der Waals surface area contributed by atoms with Crippen LogP contribution in [-0.2, 0) is 0 Å². The molecule has 0 unspecified atom stereocenters. The first kappa shape index (κ1) is 8.54. The van der Waals surface area contributed by atoms with Gasteiger partial charge in [0.25, 0.3) is 0 Å². The van der Waals surface area contributed by atoms with Gasteiger partial charge in [-0.05, 0) is 12.3 Å². The van der Waals surface area contributed by atoms with Crippen molar-refractivity contribution in [3.8, 4) is 0 Å². The topological polar surface area (TPSA) is 20.2 Å². The van der Waals surface area contributed by atoms with Gasteiger partial charge in [0.1, 0.15) is 0 Å². The molecule has 62 valence electrons. The standard InChI is InChI=1S/C10H16O/c1-3-9(2)10(11)7-5-4-6-8-10/h4-7,9,11H,3,8H2,1-2H3/t9-,10+/m0/s1. The number of hydrogen-bond donors (Lipinski definition) is 1. The Bertz CT molecular complexity index is 181. The zero-order chi connectivity index (χ0) is 8.32. The highest BCUT2D eigenvalue weighted by molar-refractivity contribution is 5.18. The van der Waals surface area contributed by atoms with Crippen LogP contribution in [0.1, 0.15) is 26.7 Å². The van der Waals surface area contributed by atoms with E-state index < -0.39 is 5.60 Å². The molecule has 0 spiro atoms. The molecular weight excluding hydrogens is 136 g/mol. The first-order valence-electron chi connectivity index (χ1n) is 4.26. The second-order valence-corrected chi connectivity index (χ2v) is 3.29. The molecule has 1 nitrogen and oxygen atoms in total. The van der Waals surface area contributed by atoms with Crippen LogP contribution in [0.5, 0.6) is 0 Å². The van der Waals surface area contributed by atoms with Crippen molar-refractivity contribution in [3.05, 3.63) is 24.3 Å². The predicted octanol–water partition coefficient (Wildman–Crippen LogP) is 2.28. The lowest BCUT2D eigenvalue weighted by Crippen LogP contribution is -2.34. The molecular formula is C10H16O. The van der Waals surface area contributed by atoms with Crippen LogP contribution in [0.2, 0.25) is 0 Å². The van der Waals surface area contributed by atoms with Crippen LogP contribution in [0.25, 0.3) is 0 Å². The summed E-state index contributed by atoms with van der Waals surface area (Å²) in [6.07, 6.45) is 9.62. The third kappa shape index (κ3) is 1.72. The molecule has 11 heavy (non-hydrogen) atoms. The molecule has 0 aromatic carbocycles. The fraction of sp³-hybridized carbons (Fsp3) is 0.600. The minimum absolute atomic E-state index is 0.351. The number of rotatable bonds is 2. The summed E-state index contributed by atoms with van der Waals surface area (Å²) < 4.78 is 0. The highest BCUT2D eigenvalue weighted by Gasteiger charge is 2.28. The van der Waals surface area contributed by atoms with Gasteiger partial charge in [-0.3, -0.25) is 0 Å². The average molecular weight is 152 g/mol. The highest BCUT2D eigenvalue weighted by atomic mass is 16.3. The Morgan fingerprint density at radius 3 is 2.73 bits per heavy atom. The Balaban J connectivity index is 2.67. The molecule has 2 atom stereocenters. The molecule has 0 fully saturated rings. The van der Waals surface area contributed by atoms with Crippen molar-refractivity contribution < 1.29 is 5.11 Å². The molecule has 0 aliphatic heterocycles. The lowest BCUT2D eigenvalue weighted by atomic mass is 9.82. The normalized spacial score (nSPS) is 32.3. The van der Waals surface area contributed by atoms with Crippen molar-refractivity contribution >= 4 is 0 Å². The number of allylic oxidation sites excluding steroid dienone is 2. The van der Waals surface area contributed by atoms with Gasteiger partial charge in [-0.1, -0.05) is 44.6 Å². The summed E-state index contributed by atoms with van der Waals surface area (Å²) in [4.78, 5) is 0. The zero-order valence-electron chi connectivity index (χ0n) is 7.25. The molecule has 1 rings (SSSR count). The highest BCUT2D eigenvalue weighted by Crippen LogP contribution is 2.28. The Kier molecular flexibility index (Phi) is 2.50. The molecule has 1 heteroatoms. The minimum atomic E-state index is -0.580. The van der Waals surface area contributed by atoms with Crippen LogP contribution < -0.4 is 0 Å². The van der Waals surface area contributed by atoms with E-state index in [1.54, 1.807) is 0 Å². The van der Waals surface area contributed by atoms with E-state index in [9.17, 15) is 5.11 Å². The second kappa shape index (κ2) is 3.22. The molecule has 0 bridgehead atoms. The van der Waals surface area contributed by atoms with Crippen molar-refractivity contribution in [1.82, 2.24) is 0 Å². The molecule has 0 aromatic heterocycles. The minimum Gasteiger partial charge on any atom is -0.385 e. The predicted molar refractivity (Wildman–Crippen MR) is 47.3 cm³/mol. The van der Waals surface area contributed by atoms with E-state index >= 15 is 0 Å². The number of aliphatic hydroxyl groups is 1. The molecule has 0 aromatic rings. The first-order valence-corrected chi connectivity index (χ1v) is 4.26. The molecule has 0 saturated heterocycles. The van der Waals surface area contributed by atoms with Crippen LogP contribution >= 0.6 is 0 Å². The van der Waals surface area contributed by atoms with Crippen LogP contribution in [0.15, 0.2) is 24.3 Å². The van der Waals surface area contributed by atoms with E-state index in [1.165, 1.54) is 0 Å². The third-order valence-corrected chi connectivity index (χ3v) is 2.54. The van der Waals surface area contributed by atoms with Crippen LogP contribution in [0, 0.1) is 5.92 Å². The summed E-state index contributed by atoms with van der Waals surface area (Å²) >= 11 is 0. The van der Waals surface area contributed by atoms with Gasteiger partial charge in [-0.25, -0.2) is 0 Å².